The smallest absolute Gasteiger partial charge is 0.343 e. The SMILES string of the molecule is CCOC(=O)C1=C(C)N=NC1=N. The number of nitrogens with zero attached hydrogens (tertiary/aromatic N) is 2. The molecule has 0 bridgehead atoms. The van der Waals surface area contributed by atoms with Gasteiger partial charge in [0.1, 0.15) is 5.57 Å². The standard InChI is InChI=1S/C7H9N3O2/c1-3-12-7(11)5-4(2)9-10-6(5)8/h8H,3H2,1-2H3. The summed E-state index contributed by atoms with van der Waals surface area (Å²) < 4.78 is 4.71. The highest BCUT2D eigenvalue weighted by Gasteiger charge is 2.23. The van der Waals surface area contributed by atoms with E-state index in [1.165, 1.54) is 0 Å². The summed E-state index contributed by atoms with van der Waals surface area (Å²) in [6, 6.07) is 0. The molecular formula is C7H9N3O2. The van der Waals surface area contributed by atoms with Crippen LogP contribution in [-0.4, -0.2) is 18.4 Å². The summed E-state index contributed by atoms with van der Waals surface area (Å²) in [7, 11) is 0. The first-order chi connectivity index (χ1) is 5.66. The number of allylic oxidation sites excluding steroid dienone is 1. The van der Waals surface area contributed by atoms with Gasteiger partial charge in [-0.15, -0.1) is 5.11 Å². The van der Waals surface area contributed by atoms with Gasteiger partial charge >= 0.3 is 5.97 Å². The summed E-state index contributed by atoms with van der Waals surface area (Å²) in [4.78, 5) is 11.1. The molecule has 0 saturated heterocycles. The molecule has 0 unspecified atom stereocenters. The predicted molar refractivity (Wildman–Crippen MR) is 41.9 cm³/mol. The summed E-state index contributed by atoms with van der Waals surface area (Å²) in [5, 5.41) is 14.2. The quantitative estimate of drug-likeness (QED) is 0.628. The van der Waals surface area contributed by atoms with E-state index in [1.54, 1.807) is 13.8 Å². The number of carbonyl (C=O) groups excluding carboxylic acids is 1. The minimum Gasteiger partial charge on any atom is -0.462 e. The van der Waals surface area contributed by atoms with E-state index in [4.69, 9.17) is 10.1 Å². The summed E-state index contributed by atoms with van der Waals surface area (Å²) in [5.41, 5.74) is 0.607. The van der Waals surface area contributed by atoms with Crippen LogP contribution in [0.3, 0.4) is 0 Å². The molecule has 1 aliphatic rings. The summed E-state index contributed by atoms with van der Waals surface area (Å²) >= 11 is 0. The van der Waals surface area contributed by atoms with Crippen molar-refractivity contribution in [2.75, 3.05) is 6.61 Å². The number of esters is 1. The van der Waals surface area contributed by atoms with Crippen LogP contribution in [-0.2, 0) is 9.53 Å². The third kappa shape index (κ3) is 1.39. The third-order valence-corrected chi connectivity index (χ3v) is 1.38. The van der Waals surface area contributed by atoms with Gasteiger partial charge in [-0.3, -0.25) is 5.41 Å². The van der Waals surface area contributed by atoms with Crippen molar-refractivity contribution >= 4 is 11.8 Å². The Kier molecular flexibility index (Phi) is 2.32. The van der Waals surface area contributed by atoms with E-state index < -0.39 is 5.97 Å². The Labute approximate surface area is 69.6 Å². The topological polar surface area (TPSA) is 74.9 Å². The molecule has 5 nitrogen and oxygen atoms in total. The molecule has 12 heavy (non-hydrogen) atoms. The van der Waals surface area contributed by atoms with Crippen LogP contribution < -0.4 is 0 Å². The Bertz CT molecular complexity index is 291. The number of hydrogen-bond donors (Lipinski definition) is 1. The number of nitrogens with one attached hydrogen (secondary N) is 1. The van der Waals surface area contributed by atoms with Gasteiger partial charge in [-0.25, -0.2) is 4.79 Å². The lowest BCUT2D eigenvalue weighted by atomic mass is 10.2. The van der Waals surface area contributed by atoms with Gasteiger partial charge in [0.05, 0.1) is 12.3 Å². The molecule has 0 saturated carbocycles. The maximum atomic E-state index is 11.1. The van der Waals surface area contributed by atoms with Crippen molar-refractivity contribution in [3.63, 3.8) is 0 Å². The molecule has 1 N–H and O–H groups in total. The molecule has 64 valence electrons. The molecule has 5 heteroatoms. The van der Waals surface area contributed by atoms with Crippen molar-refractivity contribution in [1.82, 2.24) is 0 Å². The molecule has 1 rings (SSSR count). The maximum Gasteiger partial charge on any atom is 0.343 e. The predicted octanol–water partition coefficient (Wildman–Crippen LogP) is 1.27. The summed E-state index contributed by atoms with van der Waals surface area (Å²) in [6.45, 7) is 3.63. The van der Waals surface area contributed by atoms with E-state index in [2.05, 4.69) is 10.2 Å². The molecule has 0 aromatic heterocycles. The molecule has 1 aliphatic heterocycles. The van der Waals surface area contributed by atoms with Gasteiger partial charge in [0.2, 0.25) is 0 Å². The first-order valence-corrected chi connectivity index (χ1v) is 3.55. The van der Waals surface area contributed by atoms with Crippen molar-refractivity contribution in [1.29, 1.82) is 5.41 Å². The Hall–Kier alpha value is -1.52. The normalized spacial score (nSPS) is 15.7. The van der Waals surface area contributed by atoms with Gasteiger partial charge in [0.25, 0.3) is 0 Å². The van der Waals surface area contributed by atoms with E-state index in [0.29, 0.717) is 12.3 Å². The van der Waals surface area contributed by atoms with Crippen molar-refractivity contribution in [3.05, 3.63) is 11.3 Å². The van der Waals surface area contributed by atoms with Crippen LogP contribution >= 0.6 is 0 Å². The number of carbonyl (C=O) groups is 1. The number of rotatable bonds is 2. The van der Waals surface area contributed by atoms with E-state index in [9.17, 15) is 4.79 Å². The Morgan fingerprint density at radius 3 is 2.67 bits per heavy atom. The maximum absolute atomic E-state index is 11.1. The van der Waals surface area contributed by atoms with Crippen LogP contribution in [0, 0.1) is 5.41 Å². The lowest BCUT2D eigenvalue weighted by molar-refractivity contribution is -0.137. The summed E-state index contributed by atoms with van der Waals surface area (Å²) in [5.74, 6) is -0.643. The lowest BCUT2D eigenvalue weighted by Gasteiger charge is -2.00. The van der Waals surface area contributed by atoms with Gasteiger partial charge in [-0.2, -0.15) is 5.11 Å². The second-order valence-corrected chi connectivity index (χ2v) is 2.23. The van der Waals surface area contributed by atoms with Crippen LogP contribution in [0.25, 0.3) is 0 Å². The molecule has 0 aromatic carbocycles. The molecular weight excluding hydrogens is 158 g/mol. The highest BCUT2D eigenvalue weighted by molar-refractivity contribution is 6.19. The zero-order valence-corrected chi connectivity index (χ0v) is 6.92. The van der Waals surface area contributed by atoms with Crippen LogP contribution in [0.4, 0.5) is 0 Å². The van der Waals surface area contributed by atoms with E-state index in [0.717, 1.165) is 0 Å². The summed E-state index contributed by atoms with van der Waals surface area (Å²) in [6.07, 6.45) is 0. The average molecular weight is 167 g/mol. The zero-order chi connectivity index (χ0) is 9.14. The second kappa shape index (κ2) is 3.25. The average Bonchev–Trinajstić information content (AvgIpc) is 2.32. The molecule has 0 fully saturated rings. The Balaban J connectivity index is 2.83. The van der Waals surface area contributed by atoms with Crippen LogP contribution in [0.15, 0.2) is 21.5 Å². The van der Waals surface area contributed by atoms with Crippen LogP contribution in [0.2, 0.25) is 0 Å². The molecule has 0 radical (unpaired) electrons. The Morgan fingerprint density at radius 2 is 2.25 bits per heavy atom. The highest BCUT2D eigenvalue weighted by atomic mass is 16.5. The molecule has 0 aliphatic carbocycles. The fourth-order valence-corrected chi connectivity index (χ4v) is 0.844. The van der Waals surface area contributed by atoms with Crippen LogP contribution in [0.1, 0.15) is 13.8 Å². The van der Waals surface area contributed by atoms with E-state index in [1.807, 2.05) is 0 Å². The van der Waals surface area contributed by atoms with E-state index >= 15 is 0 Å². The number of amidine groups is 1. The monoisotopic (exact) mass is 167 g/mol. The molecule has 0 atom stereocenters. The first-order valence-electron chi connectivity index (χ1n) is 3.55. The molecule has 0 aromatic rings. The van der Waals surface area contributed by atoms with Crippen molar-refractivity contribution in [3.8, 4) is 0 Å². The van der Waals surface area contributed by atoms with Crippen LogP contribution in [0.5, 0.6) is 0 Å². The first kappa shape index (κ1) is 8.58. The molecule has 0 spiro atoms. The lowest BCUT2D eigenvalue weighted by Crippen LogP contribution is -2.12. The fraction of sp³-hybridized carbons (Fsp3) is 0.429. The highest BCUT2D eigenvalue weighted by Crippen LogP contribution is 2.17. The number of azo groups is 1. The minimum absolute atomic E-state index is 0.119. The minimum atomic E-state index is -0.523. The number of hydrogen-bond acceptors (Lipinski definition) is 4. The molecule has 0 amide bonds. The van der Waals surface area contributed by atoms with Gasteiger partial charge in [-0.05, 0) is 13.8 Å². The van der Waals surface area contributed by atoms with Gasteiger partial charge < -0.3 is 4.74 Å². The molecule has 1 heterocycles. The Morgan fingerprint density at radius 1 is 1.58 bits per heavy atom. The largest absolute Gasteiger partial charge is 0.462 e. The van der Waals surface area contributed by atoms with Gasteiger partial charge in [-0.1, -0.05) is 0 Å². The van der Waals surface area contributed by atoms with E-state index in [-0.39, 0.29) is 11.4 Å². The fourth-order valence-electron chi connectivity index (χ4n) is 0.844. The van der Waals surface area contributed by atoms with Crippen molar-refractivity contribution in [2.24, 2.45) is 10.2 Å². The van der Waals surface area contributed by atoms with Crippen molar-refractivity contribution < 1.29 is 9.53 Å². The number of ether oxygens (including phenoxy) is 1. The van der Waals surface area contributed by atoms with Gasteiger partial charge in [0, 0.05) is 0 Å². The zero-order valence-electron chi connectivity index (χ0n) is 6.92. The van der Waals surface area contributed by atoms with Gasteiger partial charge in [0.15, 0.2) is 5.84 Å². The van der Waals surface area contributed by atoms with Crippen molar-refractivity contribution in [2.45, 2.75) is 13.8 Å². The third-order valence-electron chi connectivity index (χ3n) is 1.38. The second-order valence-electron chi connectivity index (χ2n) is 2.23.